The number of hydrogen-bond acceptors (Lipinski definition) is 9. The minimum atomic E-state index is -1.22. The first-order chi connectivity index (χ1) is 10.7. The van der Waals surface area contributed by atoms with Crippen LogP contribution in [0.2, 0.25) is 0 Å². The number of carboxylic acids is 2. The first-order valence-corrected chi connectivity index (χ1v) is 7.38. The summed E-state index contributed by atoms with van der Waals surface area (Å²) in [5, 5.41) is 21.4. The fourth-order valence-electron chi connectivity index (χ4n) is 1.16. The van der Waals surface area contributed by atoms with Gasteiger partial charge in [-0.2, -0.15) is 12.6 Å². The van der Waals surface area contributed by atoms with Crippen molar-refractivity contribution >= 4 is 48.7 Å². The Morgan fingerprint density at radius 2 is 1.70 bits per heavy atom. The van der Waals surface area contributed by atoms with Gasteiger partial charge in [0.2, 0.25) is 11.8 Å². The van der Waals surface area contributed by atoms with Gasteiger partial charge in [-0.15, -0.1) is 0 Å². The molecule has 0 saturated heterocycles. The smallest absolute Gasteiger partial charge is 0.322 e. The van der Waals surface area contributed by atoms with Crippen LogP contribution in [0.15, 0.2) is 0 Å². The molecule has 11 nitrogen and oxygen atoms in total. The summed E-state index contributed by atoms with van der Waals surface area (Å²) in [5.74, 6) is -3.70. The summed E-state index contributed by atoms with van der Waals surface area (Å²) in [6.45, 7) is -0.567. The normalized spacial score (nSPS) is 12.2. The van der Waals surface area contributed by atoms with E-state index in [-0.39, 0.29) is 30.9 Å². The fraction of sp³-hybridized carbons (Fsp3) is 0.600. The number of carbonyl (C=O) groups is 4. The highest BCUT2D eigenvalue weighted by Crippen LogP contribution is 1.97. The maximum Gasteiger partial charge on any atom is 0.322 e. The molecule has 23 heavy (non-hydrogen) atoms. The van der Waals surface area contributed by atoms with Crippen molar-refractivity contribution in [3.8, 4) is 0 Å². The molecule has 0 unspecified atom stereocenters. The number of hydrogen-bond donors (Lipinski definition) is 8. The van der Waals surface area contributed by atoms with Crippen molar-refractivity contribution < 1.29 is 38.5 Å². The van der Waals surface area contributed by atoms with Crippen molar-refractivity contribution in [1.29, 1.82) is 0 Å². The molecule has 0 rings (SSSR count). The molecule has 0 aromatic heterocycles. The number of carbonyl (C=O) groups excluding carboxylic acids is 2. The van der Waals surface area contributed by atoms with Crippen molar-refractivity contribution in [1.82, 2.24) is 10.6 Å². The number of rotatable bonds is 9. The third-order valence-corrected chi connectivity index (χ3v) is 2.61. The van der Waals surface area contributed by atoms with Crippen LogP contribution < -0.4 is 16.4 Å². The molecule has 0 bridgehead atoms. The van der Waals surface area contributed by atoms with E-state index in [1.807, 2.05) is 0 Å². The minimum Gasteiger partial charge on any atom is -0.480 e. The number of aliphatic carboxylic acids is 2. The van der Waals surface area contributed by atoms with E-state index in [4.69, 9.17) is 25.1 Å². The molecular formula is C10H19N3O8S2. The van der Waals surface area contributed by atoms with Gasteiger partial charge in [0.15, 0.2) is 12.3 Å². The Hall–Kier alpha value is -1.54. The van der Waals surface area contributed by atoms with E-state index in [1.165, 1.54) is 0 Å². The lowest BCUT2D eigenvalue weighted by molar-refractivity contribution is -0.139. The standard InChI is InChI=1S/C10H17N3O6S.H2O2S/c11-5(10(18)19)1-2-7(14)13-6(4-20)9(17)12-3-8(15)16;1-3-2/h5-6,20H,1-4,11H2,(H,12,17)(H,13,14)(H,15,16)(H,18,19);1-2H/t5-,6-;/m0./s1. The molecular weight excluding hydrogens is 354 g/mol. The number of nitrogens with one attached hydrogen (secondary N) is 2. The molecule has 13 heteroatoms. The monoisotopic (exact) mass is 373 g/mol. The highest BCUT2D eigenvalue weighted by atomic mass is 32.2. The SMILES string of the molecule is N[C@@H](CCC(=O)N[C@@H](CS)C(=O)NCC(=O)O)C(=O)O.OSO. The van der Waals surface area contributed by atoms with E-state index in [2.05, 4.69) is 23.3 Å². The lowest BCUT2D eigenvalue weighted by atomic mass is 10.1. The van der Waals surface area contributed by atoms with Gasteiger partial charge in [-0.1, -0.05) is 0 Å². The van der Waals surface area contributed by atoms with E-state index in [9.17, 15) is 19.2 Å². The summed E-state index contributed by atoms with van der Waals surface area (Å²) >= 11 is 3.62. The average Bonchev–Trinajstić information content (AvgIpc) is 2.48. The van der Waals surface area contributed by atoms with Gasteiger partial charge < -0.3 is 35.7 Å². The van der Waals surface area contributed by atoms with Gasteiger partial charge in [-0.3, -0.25) is 19.2 Å². The molecule has 8 N–H and O–H groups in total. The lowest BCUT2D eigenvalue weighted by Crippen LogP contribution is -2.49. The summed E-state index contributed by atoms with van der Waals surface area (Å²) < 4.78 is 14.1. The quantitative estimate of drug-likeness (QED) is 0.173. The van der Waals surface area contributed by atoms with E-state index >= 15 is 0 Å². The maximum atomic E-state index is 11.5. The van der Waals surface area contributed by atoms with E-state index in [1.54, 1.807) is 0 Å². The largest absolute Gasteiger partial charge is 0.480 e. The van der Waals surface area contributed by atoms with Crippen LogP contribution in [0.5, 0.6) is 0 Å². The third kappa shape index (κ3) is 13.8. The van der Waals surface area contributed by atoms with Gasteiger partial charge >= 0.3 is 11.9 Å². The van der Waals surface area contributed by atoms with Gasteiger partial charge in [-0.25, -0.2) is 0 Å². The second-order valence-electron chi connectivity index (χ2n) is 3.98. The first-order valence-electron chi connectivity index (χ1n) is 6.02. The Labute approximate surface area is 141 Å². The van der Waals surface area contributed by atoms with Crippen LogP contribution in [0, 0.1) is 0 Å². The van der Waals surface area contributed by atoms with Crippen molar-refractivity contribution in [2.75, 3.05) is 12.3 Å². The number of amides is 2. The molecule has 0 aromatic carbocycles. The molecule has 0 radical (unpaired) electrons. The molecule has 2 atom stereocenters. The summed E-state index contributed by atoms with van der Waals surface area (Å²) in [7, 11) is 0. The zero-order valence-electron chi connectivity index (χ0n) is 11.8. The lowest BCUT2D eigenvalue weighted by Gasteiger charge is -2.16. The van der Waals surface area contributed by atoms with Crippen molar-refractivity contribution in [3.63, 3.8) is 0 Å². The Morgan fingerprint density at radius 1 is 1.17 bits per heavy atom. The third-order valence-electron chi connectivity index (χ3n) is 2.25. The van der Waals surface area contributed by atoms with Crippen LogP contribution in [0.4, 0.5) is 0 Å². The molecule has 0 aliphatic heterocycles. The Balaban J connectivity index is 0. The molecule has 0 spiro atoms. The van der Waals surface area contributed by atoms with E-state index < -0.39 is 42.4 Å². The molecule has 0 aromatic rings. The minimum absolute atomic E-state index is 0.0256. The van der Waals surface area contributed by atoms with Gasteiger partial charge in [0, 0.05) is 12.2 Å². The van der Waals surface area contributed by atoms with Crippen LogP contribution in [-0.2, 0) is 19.2 Å². The van der Waals surface area contributed by atoms with Gasteiger partial charge in [0.25, 0.3) is 0 Å². The average molecular weight is 373 g/mol. The zero-order valence-corrected chi connectivity index (χ0v) is 13.5. The Kier molecular flexibility index (Phi) is 14.5. The molecule has 0 fully saturated rings. The number of thiol groups is 1. The molecule has 0 saturated carbocycles. The maximum absolute atomic E-state index is 11.5. The van der Waals surface area contributed by atoms with Gasteiger partial charge in [-0.05, 0) is 6.42 Å². The fourth-order valence-corrected chi connectivity index (χ4v) is 1.41. The molecule has 0 heterocycles. The molecule has 0 aliphatic carbocycles. The highest BCUT2D eigenvalue weighted by Gasteiger charge is 2.20. The van der Waals surface area contributed by atoms with Crippen LogP contribution in [-0.4, -0.2) is 67.5 Å². The van der Waals surface area contributed by atoms with Crippen LogP contribution in [0.3, 0.4) is 0 Å². The summed E-state index contributed by atoms with van der Waals surface area (Å²) in [5.41, 5.74) is 5.23. The second-order valence-corrected chi connectivity index (χ2v) is 4.51. The predicted octanol–water partition coefficient (Wildman–Crippen LogP) is -1.54. The second kappa shape index (κ2) is 14.1. The van der Waals surface area contributed by atoms with E-state index in [0.29, 0.717) is 0 Å². The van der Waals surface area contributed by atoms with E-state index in [0.717, 1.165) is 0 Å². The highest BCUT2D eigenvalue weighted by molar-refractivity contribution is 7.87. The first kappa shape index (κ1) is 23.7. The predicted molar refractivity (Wildman–Crippen MR) is 84.1 cm³/mol. The number of carboxylic acid groups (broad SMARTS) is 2. The summed E-state index contributed by atoms with van der Waals surface area (Å²) in [6, 6.07) is -2.15. The Morgan fingerprint density at radius 3 is 2.09 bits per heavy atom. The van der Waals surface area contributed by atoms with Crippen LogP contribution in [0.25, 0.3) is 0 Å². The van der Waals surface area contributed by atoms with Crippen molar-refractivity contribution in [3.05, 3.63) is 0 Å². The zero-order chi connectivity index (χ0) is 18.4. The molecule has 0 aliphatic rings. The van der Waals surface area contributed by atoms with Crippen molar-refractivity contribution in [2.45, 2.75) is 24.9 Å². The topological polar surface area (TPSA) is 199 Å². The summed E-state index contributed by atoms with van der Waals surface area (Å²) in [6.07, 6.45) is -0.235. The summed E-state index contributed by atoms with van der Waals surface area (Å²) in [4.78, 5) is 43.7. The molecule has 134 valence electrons. The van der Waals surface area contributed by atoms with Crippen LogP contribution in [0.1, 0.15) is 12.8 Å². The Bertz CT molecular complexity index is 410. The van der Waals surface area contributed by atoms with Gasteiger partial charge in [0.05, 0.1) is 0 Å². The van der Waals surface area contributed by atoms with Gasteiger partial charge in [0.1, 0.15) is 18.6 Å². The van der Waals surface area contributed by atoms with Crippen LogP contribution >= 0.6 is 25.0 Å². The molecule has 2 amide bonds. The van der Waals surface area contributed by atoms with Crippen molar-refractivity contribution in [2.24, 2.45) is 5.73 Å². The number of nitrogens with two attached hydrogens (primary N) is 1.